The monoisotopic (exact) mass is 284 g/mol. The van der Waals surface area contributed by atoms with Crippen LogP contribution in [0.15, 0.2) is 52.8 Å². The molecular weight excluding hydrogens is 268 g/mol. The number of aromatic nitrogens is 3. The topological polar surface area (TPSA) is 56.2 Å². The molecule has 0 aliphatic heterocycles. The van der Waals surface area contributed by atoms with Crippen LogP contribution < -0.4 is 5.73 Å². The standard InChI is InChI=1S/C15H16N4S/c1-10(2)11-3-5-12(6-4-11)20-15-14-17-7-8-19(14)9-13(16)18-15/h3-10H,16H2,1-2H3. The molecule has 2 heterocycles. The molecule has 0 bridgehead atoms. The largest absolute Gasteiger partial charge is 0.382 e. The van der Waals surface area contributed by atoms with E-state index in [0.29, 0.717) is 11.7 Å². The quantitative estimate of drug-likeness (QED) is 0.798. The molecule has 3 rings (SSSR count). The number of anilines is 1. The maximum absolute atomic E-state index is 5.83. The number of nitrogen functional groups attached to an aromatic ring is 1. The molecule has 3 aromatic rings. The van der Waals surface area contributed by atoms with Crippen LogP contribution in [0.4, 0.5) is 5.82 Å². The molecule has 1 aromatic carbocycles. The van der Waals surface area contributed by atoms with E-state index < -0.39 is 0 Å². The molecule has 5 heteroatoms. The molecule has 0 amide bonds. The molecule has 4 nitrogen and oxygen atoms in total. The van der Waals surface area contributed by atoms with Gasteiger partial charge in [-0.2, -0.15) is 0 Å². The van der Waals surface area contributed by atoms with Gasteiger partial charge in [0, 0.05) is 17.3 Å². The van der Waals surface area contributed by atoms with Crippen molar-refractivity contribution in [2.75, 3.05) is 5.73 Å². The van der Waals surface area contributed by atoms with Crippen LogP contribution in [0.2, 0.25) is 0 Å². The van der Waals surface area contributed by atoms with Crippen LogP contribution in [0.3, 0.4) is 0 Å². The van der Waals surface area contributed by atoms with E-state index in [9.17, 15) is 0 Å². The predicted molar refractivity (Wildman–Crippen MR) is 82.1 cm³/mol. The van der Waals surface area contributed by atoms with Crippen molar-refractivity contribution in [3.05, 3.63) is 48.4 Å². The van der Waals surface area contributed by atoms with E-state index in [2.05, 4.69) is 48.1 Å². The average molecular weight is 284 g/mol. The van der Waals surface area contributed by atoms with E-state index in [1.165, 1.54) is 5.56 Å². The van der Waals surface area contributed by atoms with Gasteiger partial charge in [0.1, 0.15) is 10.8 Å². The van der Waals surface area contributed by atoms with Gasteiger partial charge in [-0.3, -0.25) is 0 Å². The van der Waals surface area contributed by atoms with Gasteiger partial charge >= 0.3 is 0 Å². The summed E-state index contributed by atoms with van der Waals surface area (Å²) in [5.74, 6) is 1.04. The smallest absolute Gasteiger partial charge is 0.170 e. The van der Waals surface area contributed by atoms with Gasteiger partial charge in [-0.25, -0.2) is 9.97 Å². The zero-order valence-electron chi connectivity index (χ0n) is 11.4. The number of benzene rings is 1. The van der Waals surface area contributed by atoms with Crippen LogP contribution in [0, 0.1) is 0 Å². The predicted octanol–water partition coefficient (Wildman–Crippen LogP) is 3.59. The Bertz CT molecular complexity index is 731. The summed E-state index contributed by atoms with van der Waals surface area (Å²) in [4.78, 5) is 9.85. The van der Waals surface area contributed by atoms with E-state index in [-0.39, 0.29) is 0 Å². The van der Waals surface area contributed by atoms with E-state index in [1.807, 2.05) is 10.6 Å². The molecule has 0 spiro atoms. The Labute approximate surface area is 122 Å². The lowest BCUT2D eigenvalue weighted by molar-refractivity contribution is 0.865. The molecule has 2 N–H and O–H groups in total. The summed E-state index contributed by atoms with van der Waals surface area (Å²) >= 11 is 1.58. The summed E-state index contributed by atoms with van der Waals surface area (Å²) in [7, 11) is 0. The number of hydrogen-bond acceptors (Lipinski definition) is 4. The third kappa shape index (κ3) is 2.49. The molecule has 0 saturated carbocycles. The first-order valence-electron chi connectivity index (χ1n) is 6.50. The summed E-state index contributed by atoms with van der Waals surface area (Å²) in [6.07, 6.45) is 5.40. The maximum Gasteiger partial charge on any atom is 0.170 e. The Hall–Kier alpha value is -2.01. The van der Waals surface area contributed by atoms with E-state index >= 15 is 0 Å². The van der Waals surface area contributed by atoms with Gasteiger partial charge in [0.25, 0.3) is 0 Å². The van der Waals surface area contributed by atoms with Crippen molar-refractivity contribution in [3.63, 3.8) is 0 Å². The molecule has 0 fully saturated rings. The highest BCUT2D eigenvalue weighted by molar-refractivity contribution is 7.99. The Morgan fingerprint density at radius 1 is 1.20 bits per heavy atom. The van der Waals surface area contributed by atoms with Gasteiger partial charge in [-0.15, -0.1) is 0 Å². The van der Waals surface area contributed by atoms with E-state index in [1.54, 1.807) is 24.2 Å². The zero-order chi connectivity index (χ0) is 14.1. The van der Waals surface area contributed by atoms with Gasteiger partial charge < -0.3 is 10.1 Å². The van der Waals surface area contributed by atoms with Gasteiger partial charge in [0.2, 0.25) is 0 Å². The van der Waals surface area contributed by atoms with Crippen LogP contribution in [-0.4, -0.2) is 14.4 Å². The summed E-state index contributed by atoms with van der Waals surface area (Å²) in [6, 6.07) is 8.54. The SMILES string of the molecule is CC(C)c1ccc(Sc2nc(N)cn3ccnc23)cc1. The molecule has 102 valence electrons. The minimum absolute atomic E-state index is 0.497. The van der Waals surface area contributed by atoms with Crippen LogP contribution in [-0.2, 0) is 0 Å². The average Bonchev–Trinajstić information content (AvgIpc) is 2.87. The molecule has 0 aliphatic carbocycles. The van der Waals surface area contributed by atoms with Crippen molar-refractivity contribution >= 4 is 23.2 Å². The van der Waals surface area contributed by atoms with Crippen molar-refractivity contribution < 1.29 is 0 Å². The fourth-order valence-corrected chi connectivity index (χ4v) is 2.92. The normalized spacial score (nSPS) is 11.3. The number of nitrogens with two attached hydrogens (primary N) is 1. The molecule has 0 unspecified atom stereocenters. The number of fused-ring (bicyclic) bond motifs is 1. The summed E-state index contributed by atoms with van der Waals surface area (Å²) in [5, 5.41) is 0.826. The lowest BCUT2D eigenvalue weighted by Gasteiger charge is -2.07. The highest BCUT2D eigenvalue weighted by atomic mass is 32.2. The molecule has 2 aromatic heterocycles. The Balaban J connectivity index is 1.94. The lowest BCUT2D eigenvalue weighted by Crippen LogP contribution is -1.97. The molecule has 0 atom stereocenters. The second-order valence-electron chi connectivity index (χ2n) is 4.95. The third-order valence-corrected chi connectivity index (χ3v) is 4.10. The molecule has 0 aliphatic rings. The van der Waals surface area contributed by atoms with Gasteiger partial charge in [0.05, 0.1) is 6.20 Å². The maximum atomic E-state index is 5.83. The van der Waals surface area contributed by atoms with Crippen LogP contribution in [0.1, 0.15) is 25.3 Å². The Kier molecular flexibility index (Phi) is 3.36. The number of nitrogens with zero attached hydrogens (tertiary/aromatic N) is 3. The van der Waals surface area contributed by atoms with E-state index in [4.69, 9.17) is 5.73 Å². The highest BCUT2D eigenvalue weighted by Crippen LogP contribution is 2.30. The van der Waals surface area contributed by atoms with Gasteiger partial charge in [-0.05, 0) is 23.6 Å². The molecule has 20 heavy (non-hydrogen) atoms. The first-order valence-corrected chi connectivity index (χ1v) is 7.32. The van der Waals surface area contributed by atoms with Crippen molar-refractivity contribution in [2.24, 2.45) is 0 Å². The van der Waals surface area contributed by atoms with E-state index in [0.717, 1.165) is 15.6 Å². The summed E-state index contributed by atoms with van der Waals surface area (Å²) in [6.45, 7) is 4.38. The fourth-order valence-electron chi connectivity index (χ4n) is 2.02. The number of hydrogen-bond donors (Lipinski definition) is 1. The van der Waals surface area contributed by atoms with Crippen LogP contribution >= 0.6 is 11.8 Å². The van der Waals surface area contributed by atoms with Crippen molar-refractivity contribution in [3.8, 4) is 0 Å². The first kappa shape index (κ1) is 13.0. The van der Waals surface area contributed by atoms with Crippen molar-refractivity contribution in [1.82, 2.24) is 14.4 Å². The number of imidazole rings is 1. The number of rotatable bonds is 3. The first-order chi connectivity index (χ1) is 9.63. The van der Waals surface area contributed by atoms with Gasteiger partial charge in [-0.1, -0.05) is 37.7 Å². The summed E-state index contributed by atoms with van der Waals surface area (Å²) < 4.78 is 1.90. The Morgan fingerprint density at radius 2 is 1.95 bits per heavy atom. The summed E-state index contributed by atoms with van der Waals surface area (Å²) in [5.41, 5.74) is 7.99. The second kappa shape index (κ2) is 5.17. The van der Waals surface area contributed by atoms with Crippen molar-refractivity contribution in [2.45, 2.75) is 29.7 Å². The lowest BCUT2D eigenvalue weighted by atomic mass is 10.0. The molecule has 0 radical (unpaired) electrons. The van der Waals surface area contributed by atoms with Gasteiger partial charge in [0.15, 0.2) is 5.65 Å². The molecule has 0 saturated heterocycles. The minimum atomic E-state index is 0.497. The highest BCUT2D eigenvalue weighted by Gasteiger charge is 2.08. The molecular formula is C15H16N4S. The fraction of sp³-hybridized carbons (Fsp3) is 0.200. The third-order valence-electron chi connectivity index (χ3n) is 3.12. The second-order valence-corrected chi connectivity index (χ2v) is 6.02. The zero-order valence-corrected chi connectivity index (χ0v) is 12.3. The van der Waals surface area contributed by atoms with Crippen LogP contribution in [0.25, 0.3) is 5.65 Å². The Morgan fingerprint density at radius 3 is 2.65 bits per heavy atom. The minimum Gasteiger partial charge on any atom is -0.382 e. The van der Waals surface area contributed by atoms with Crippen molar-refractivity contribution in [1.29, 1.82) is 0 Å². The van der Waals surface area contributed by atoms with Crippen LogP contribution in [0.5, 0.6) is 0 Å².